The summed E-state index contributed by atoms with van der Waals surface area (Å²) in [5, 5.41) is 5.15. The normalized spacial score (nSPS) is 14.6. The number of benzene rings is 1. The minimum Gasteiger partial charge on any atom is -0.495 e. The Kier molecular flexibility index (Phi) is 7.40. The molecule has 0 aliphatic heterocycles. The number of pyridine rings is 1. The molecular weight excluding hydrogens is 434 g/mol. The van der Waals surface area contributed by atoms with Crippen molar-refractivity contribution in [1.82, 2.24) is 10.3 Å². The Labute approximate surface area is 198 Å². The number of anilines is 1. The number of ether oxygens (including phenoxy) is 1. The number of rotatable bonds is 8. The number of carbonyl (C=O) groups is 2. The lowest BCUT2D eigenvalue weighted by Crippen LogP contribution is -2.47. The van der Waals surface area contributed by atoms with Crippen LogP contribution in [0.1, 0.15) is 47.7 Å². The molecule has 0 spiro atoms. The first kappa shape index (κ1) is 23.0. The van der Waals surface area contributed by atoms with Gasteiger partial charge in [-0.05, 0) is 66.6 Å². The zero-order valence-corrected chi connectivity index (χ0v) is 19.8. The molecule has 2 heterocycles. The van der Waals surface area contributed by atoms with E-state index in [4.69, 9.17) is 4.74 Å². The van der Waals surface area contributed by atoms with E-state index in [-0.39, 0.29) is 24.3 Å². The largest absolute Gasteiger partial charge is 0.495 e. The number of methoxy groups -OCH3 is 1. The molecule has 33 heavy (non-hydrogen) atoms. The van der Waals surface area contributed by atoms with Gasteiger partial charge in [0.15, 0.2) is 0 Å². The fourth-order valence-corrected chi connectivity index (χ4v) is 5.06. The fraction of sp³-hybridized carbons (Fsp3) is 0.346. The maximum atomic E-state index is 13.8. The second-order valence-electron chi connectivity index (χ2n) is 8.37. The van der Waals surface area contributed by atoms with Crippen LogP contribution in [0.25, 0.3) is 0 Å². The van der Waals surface area contributed by atoms with Gasteiger partial charge in [-0.1, -0.05) is 25.0 Å². The summed E-state index contributed by atoms with van der Waals surface area (Å²) in [5.41, 5.74) is 2.27. The van der Waals surface area contributed by atoms with Crippen LogP contribution in [0.4, 0.5) is 5.69 Å². The highest BCUT2D eigenvalue weighted by Gasteiger charge is 2.35. The van der Waals surface area contributed by atoms with Crippen LogP contribution in [0.15, 0.2) is 60.2 Å². The van der Waals surface area contributed by atoms with Gasteiger partial charge in [-0.2, -0.15) is 0 Å². The third kappa shape index (κ3) is 5.42. The molecule has 1 aliphatic rings. The van der Waals surface area contributed by atoms with E-state index in [1.54, 1.807) is 36.5 Å². The summed E-state index contributed by atoms with van der Waals surface area (Å²) in [5.74, 6) is 0.203. The SMILES string of the molecule is COc1ccc(C)cc1N(C(=O)Cc1cccs1)[C@H](C(=O)NC1CCCC1)c1ccncc1. The van der Waals surface area contributed by atoms with Gasteiger partial charge in [0.05, 0.1) is 19.2 Å². The topological polar surface area (TPSA) is 71.5 Å². The summed E-state index contributed by atoms with van der Waals surface area (Å²) in [6.45, 7) is 1.96. The smallest absolute Gasteiger partial charge is 0.248 e. The first-order valence-corrected chi connectivity index (χ1v) is 12.1. The van der Waals surface area contributed by atoms with Gasteiger partial charge < -0.3 is 10.1 Å². The number of hydrogen-bond donors (Lipinski definition) is 1. The van der Waals surface area contributed by atoms with Crippen LogP contribution in [-0.4, -0.2) is 29.9 Å². The van der Waals surface area contributed by atoms with Crippen molar-refractivity contribution in [2.45, 2.75) is 51.1 Å². The second-order valence-corrected chi connectivity index (χ2v) is 9.40. The molecule has 3 aromatic rings. The van der Waals surface area contributed by atoms with Crippen molar-refractivity contribution in [3.05, 3.63) is 76.2 Å². The van der Waals surface area contributed by atoms with Crippen molar-refractivity contribution in [3.8, 4) is 5.75 Å². The highest BCUT2D eigenvalue weighted by atomic mass is 32.1. The average molecular weight is 464 g/mol. The van der Waals surface area contributed by atoms with Gasteiger partial charge in [-0.3, -0.25) is 19.5 Å². The van der Waals surface area contributed by atoms with E-state index in [1.165, 1.54) is 11.3 Å². The fourth-order valence-electron chi connectivity index (χ4n) is 4.37. The monoisotopic (exact) mass is 463 g/mol. The third-order valence-corrected chi connectivity index (χ3v) is 6.87. The van der Waals surface area contributed by atoms with E-state index in [1.807, 2.05) is 42.6 Å². The summed E-state index contributed by atoms with van der Waals surface area (Å²) in [4.78, 5) is 34.2. The van der Waals surface area contributed by atoms with Crippen LogP contribution >= 0.6 is 11.3 Å². The van der Waals surface area contributed by atoms with Crippen LogP contribution in [0.3, 0.4) is 0 Å². The lowest BCUT2D eigenvalue weighted by molar-refractivity contribution is -0.127. The molecule has 2 amide bonds. The molecule has 0 bridgehead atoms. The first-order chi connectivity index (χ1) is 16.1. The number of hydrogen-bond acceptors (Lipinski definition) is 5. The van der Waals surface area contributed by atoms with Crippen LogP contribution in [0.5, 0.6) is 5.75 Å². The van der Waals surface area contributed by atoms with Crippen molar-refractivity contribution in [1.29, 1.82) is 0 Å². The molecule has 4 rings (SSSR count). The number of aromatic nitrogens is 1. The molecule has 0 radical (unpaired) electrons. The standard InChI is InChI=1S/C26H29N3O3S/c1-18-9-10-23(32-2)22(16-18)29(24(30)17-21-8-5-15-33-21)25(19-11-13-27-14-12-19)26(31)28-20-6-3-4-7-20/h5,8-16,20,25H,3-4,6-7,17H2,1-2H3,(H,28,31)/t25-/m0/s1. The lowest BCUT2D eigenvalue weighted by atomic mass is 10.0. The van der Waals surface area contributed by atoms with E-state index < -0.39 is 6.04 Å². The average Bonchev–Trinajstić information content (AvgIpc) is 3.52. The Morgan fingerprint density at radius 3 is 2.61 bits per heavy atom. The Balaban J connectivity index is 1.80. The number of nitrogens with one attached hydrogen (secondary N) is 1. The van der Waals surface area contributed by atoms with Crippen molar-refractivity contribution in [2.24, 2.45) is 0 Å². The number of carbonyl (C=O) groups excluding carboxylic acids is 2. The van der Waals surface area contributed by atoms with Gasteiger partial charge >= 0.3 is 0 Å². The summed E-state index contributed by atoms with van der Waals surface area (Å²) >= 11 is 1.53. The number of aryl methyl sites for hydroxylation is 1. The maximum absolute atomic E-state index is 13.8. The molecule has 0 saturated heterocycles. The molecule has 1 N–H and O–H groups in total. The van der Waals surface area contributed by atoms with Gasteiger partial charge in [0, 0.05) is 23.3 Å². The Morgan fingerprint density at radius 1 is 1.18 bits per heavy atom. The zero-order valence-electron chi connectivity index (χ0n) is 19.0. The number of nitrogens with zero attached hydrogens (tertiary/aromatic N) is 2. The lowest BCUT2D eigenvalue weighted by Gasteiger charge is -2.33. The van der Waals surface area contributed by atoms with Crippen molar-refractivity contribution in [3.63, 3.8) is 0 Å². The Bertz CT molecular complexity index is 1080. The second kappa shape index (κ2) is 10.6. The van der Waals surface area contributed by atoms with Gasteiger partial charge in [0.2, 0.25) is 11.8 Å². The quantitative estimate of drug-likeness (QED) is 0.519. The van der Waals surface area contributed by atoms with Gasteiger partial charge in [-0.25, -0.2) is 0 Å². The minimum absolute atomic E-state index is 0.135. The number of amides is 2. The third-order valence-electron chi connectivity index (χ3n) is 6.00. The van der Waals surface area contributed by atoms with Gasteiger partial charge in [0.25, 0.3) is 0 Å². The van der Waals surface area contributed by atoms with Gasteiger partial charge in [-0.15, -0.1) is 11.3 Å². The van der Waals surface area contributed by atoms with E-state index in [9.17, 15) is 9.59 Å². The predicted octanol–water partition coefficient (Wildman–Crippen LogP) is 4.84. The summed E-state index contributed by atoms with van der Waals surface area (Å²) in [6.07, 6.45) is 7.65. The molecule has 1 saturated carbocycles. The van der Waals surface area contributed by atoms with E-state index >= 15 is 0 Å². The zero-order chi connectivity index (χ0) is 23.2. The van der Waals surface area contributed by atoms with Crippen molar-refractivity contribution >= 4 is 28.8 Å². The molecule has 2 aromatic heterocycles. The van der Waals surface area contributed by atoms with Crippen molar-refractivity contribution < 1.29 is 14.3 Å². The van der Waals surface area contributed by atoms with E-state index in [0.29, 0.717) is 17.0 Å². The molecule has 1 atom stereocenters. The van der Waals surface area contributed by atoms with E-state index in [2.05, 4.69) is 10.3 Å². The Hall–Kier alpha value is -3.19. The maximum Gasteiger partial charge on any atom is 0.248 e. The molecule has 6 nitrogen and oxygen atoms in total. The van der Waals surface area contributed by atoms with Crippen molar-refractivity contribution in [2.75, 3.05) is 12.0 Å². The highest BCUT2D eigenvalue weighted by molar-refractivity contribution is 7.10. The molecular formula is C26H29N3O3S. The highest BCUT2D eigenvalue weighted by Crippen LogP contribution is 2.36. The molecule has 7 heteroatoms. The summed E-state index contributed by atoms with van der Waals surface area (Å²) in [7, 11) is 1.58. The van der Waals surface area contributed by atoms with Crippen LogP contribution in [0, 0.1) is 6.92 Å². The van der Waals surface area contributed by atoms with Crippen LogP contribution in [-0.2, 0) is 16.0 Å². The summed E-state index contributed by atoms with van der Waals surface area (Å²) < 4.78 is 5.63. The molecule has 0 unspecified atom stereocenters. The molecule has 1 fully saturated rings. The first-order valence-electron chi connectivity index (χ1n) is 11.3. The van der Waals surface area contributed by atoms with Crippen LogP contribution < -0.4 is 15.0 Å². The summed E-state index contributed by atoms with van der Waals surface area (Å²) in [6, 6.07) is 12.4. The van der Waals surface area contributed by atoms with Crippen LogP contribution in [0.2, 0.25) is 0 Å². The molecule has 172 valence electrons. The molecule has 1 aromatic carbocycles. The van der Waals surface area contributed by atoms with E-state index in [0.717, 1.165) is 36.1 Å². The Morgan fingerprint density at radius 2 is 1.94 bits per heavy atom. The number of thiophene rings is 1. The predicted molar refractivity (Wildman–Crippen MR) is 131 cm³/mol. The van der Waals surface area contributed by atoms with Gasteiger partial charge in [0.1, 0.15) is 11.8 Å². The molecule has 1 aliphatic carbocycles. The minimum atomic E-state index is -0.836.